The van der Waals surface area contributed by atoms with Crippen LogP contribution in [0.3, 0.4) is 0 Å². The minimum absolute atomic E-state index is 0.0715. The Morgan fingerprint density at radius 3 is 2.59 bits per heavy atom. The number of rotatable bonds is 5. The first-order chi connectivity index (χ1) is 14.1. The zero-order chi connectivity index (χ0) is 20.1. The predicted octanol–water partition coefficient (Wildman–Crippen LogP) is 3.43. The Morgan fingerprint density at radius 2 is 1.79 bits per heavy atom. The van der Waals surface area contributed by atoms with Crippen LogP contribution in [0.1, 0.15) is 17.5 Å². The standard InChI is InChI=1S/C24H27FN2O2/c25-22-10-8-21(9-11-22)18-26-16-17-29-24(19-26)13-4-5-14-27(23(24)28)15-12-20-6-2-1-3-7-20/h1-11H,12-19H2/t24-/m0/s1. The number of morpholine rings is 1. The van der Waals surface area contributed by atoms with E-state index in [1.54, 1.807) is 12.1 Å². The summed E-state index contributed by atoms with van der Waals surface area (Å²) in [4.78, 5) is 17.6. The molecule has 0 saturated carbocycles. The molecule has 1 saturated heterocycles. The molecule has 29 heavy (non-hydrogen) atoms. The molecule has 4 nitrogen and oxygen atoms in total. The average molecular weight is 394 g/mol. The summed E-state index contributed by atoms with van der Waals surface area (Å²) < 4.78 is 19.3. The molecule has 1 fully saturated rings. The van der Waals surface area contributed by atoms with Crippen LogP contribution in [0, 0.1) is 5.82 Å². The monoisotopic (exact) mass is 394 g/mol. The highest BCUT2D eigenvalue weighted by molar-refractivity contribution is 5.86. The fraction of sp³-hybridized carbons (Fsp3) is 0.375. The van der Waals surface area contributed by atoms with E-state index >= 15 is 0 Å². The van der Waals surface area contributed by atoms with Crippen LogP contribution < -0.4 is 0 Å². The third-order valence-electron chi connectivity index (χ3n) is 5.71. The highest BCUT2D eigenvalue weighted by Gasteiger charge is 2.45. The molecular weight excluding hydrogens is 367 g/mol. The number of ether oxygens (including phenoxy) is 1. The van der Waals surface area contributed by atoms with Gasteiger partial charge >= 0.3 is 0 Å². The Morgan fingerprint density at radius 1 is 1.00 bits per heavy atom. The molecule has 0 aliphatic carbocycles. The molecule has 1 amide bonds. The Kier molecular flexibility index (Phi) is 6.07. The fourth-order valence-corrected chi connectivity index (χ4v) is 4.13. The van der Waals surface area contributed by atoms with Crippen LogP contribution in [0.25, 0.3) is 0 Å². The Hall–Kier alpha value is -2.50. The van der Waals surface area contributed by atoms with Gasteiger partial charge in [-0.3, -0.25) is 9.69 Å². The normalized spacial score (nSPS) is 22.8. The second kappa shape index (κ2) is 8.89. The Balaban J connectivity index is 1.45. The van der Waals surface area contributed by atoms with Gasteiger partial charge in [0.2, 0.25) is 0 Å². The molecule has 0 unspecified atom stereocenters. The maximum atomic E-state index is 13.5. The van der Waals surface area contributed by atoms with E-state index in [1.165, 1.54) is 17.7 Å². The van der Waals surface area contributed by atoms with E-state index in [4.69, 9.17) is 4.74 Å². The van der Waals surface area contributed by atoms with E-state index in [2.05, 4.69) is 29.2 Å². The summed E-state index contributed by atoms with van der Waals surface area (Å²) >= 11 is 0. The van der Waals surface area contributed by atoms with Gasteiger partial charge in [-0.2, -0.15) is 0 Å². The summed E-state index contributed by atoms with van der Waals surface area (Å²) in [5.74, 6) is -0.160. The minimum atomic E-state index is -0.831. The molecule has 2 aliphatic heterocycles. The zero-order valence-corrected chi connectivity index (χ0v) is 16.6. The first-order valence-electron chi connectivity index (χ1n) is 10.2. The predicted molar refractivity (Wildman–Crippen MR) is 111 cm³/mol. The van der Waals surface area contributed by atoms with Crippen molar-refractivity contribution in [1.82, 2.24) is 9.80 Å². The molecular formula is C24H27FN2O2. The van der Waals surface area contributed by atoms with E-state index in [1.807, 2.05) is 23.1 Å². The molecule has 0 radical (unpaired) electrons. The molecule has 4 rings (SSSR count). The van der Waals surface area contributed by atoms with Gasteiger partial charge in [0, 0.05) is 39.1 Å². The lowest BCUT2D eigenvalue weighted by Crippen LogP contribution is -2.60. The van der Waals surface area contributed by atoms with Crippen LogP contribution >= 0.6 is 0 Å². The second-order valence-corrected chi connectivity index (χ2v) is 7.84. The maximum Gasteiger partial charge on any atom is 0.256 e. The van der Waals surface area contributed by atoms with Crippen molar-refractivity contribution in [3.05, 3.63) is 83.7 Å². The minimum Gasteiger partial charge on any atom is -0.362 e. The molecule has 0 aromatic heterocycles. The van der Waals surface area contributed by atoms with Gasteiger partial charge < -0.3 is 9.64 Å². The van der Waals surface area contributed by atoms with Crippen molar-refractivity contribution in [2.75, 3.05) is 32.8 Å². The topological polar surface area (TPSA) is 32.8 Å². The molecule has 2 aromatic rings. The highest BCUT2D eigenvalue weighted by Crippen LogP contribution is 2.28. The number of halogens is 1. The summed E-state index contributed by atoms with van der Waals surface area (Å²) in [5.41, 5.74) is 1.44. The van der Waals surface area contributed by atoms with Crippen molar-refractivity contribution >= 4 is 5.91 Å². The summed E-state index contributed by atoms with van der Waals surface area (Å²) in [6.07, 6.45) is 5.56. The highest BCUT2D eigenvalue weighted by atomic mass is 19.1. The molecule has 1 atom stereocenters. The number of hydrogen-bond donors (Lipinski definition) is 0. The average Bonchev–Trinajstić information content (AvgIpc) is 2.89. The molecule has 2 heterocycles. The smallest absolute Gasteiger partial charge is 0.256 e. The van der Waals surface area contributed by atoms with Crippen LogP contribution in [0.5, 0.6) is 0 Å². The maximum absolute atomic E-state index is 13.5. The van der Waals surface area contributed by atoms with Crippen molar-refractivity contribution in [2.45, 2.75) is 25.0 Å². The molecule has 1 spiro atoms. The van der Waals surface area contributed by atoms with Gasteiger partial charge in [0.25, 0.3) is 5.91 Å². The van der Waals surface area contributed by atoms with E-state index < -0.39 is 5.60 Å². The van der Waals surface area contributed by atoms with E-state index in [9.17, 15) is 9.18 Å². The Bertz CT molecular complexity index is 853. The molecule has 0 bridgehead atoms. The van der Waals surface area contributed by atoms with E-state index in [0.29, 0.717) is 39.2 Å². The number of benzene rings is 2. The van der Waals surface area contributed by atoms with E-state index in [-0.39, 0.29) is 11.7 Å². The van der Waals surface area contributed by atoms with Crippen molar-refractivity contribution in [1.29, 1.82) is 0 Å². The van der Waals surface area contributed by atoms with Crippen molar-refractivity contribution in [3.8, 4) is 0 Å². The van der Waals surface area contributed by atoms with Gasteiger partial charge in [-0.1, -0.05) is 54.6 Å². The second-order valence-electron chi connectivity index (χ2n) is 7.84. The third-order valence-corrected chi connectivity index (χ3v) is 5.71. The van der Waals surface area contributed by atoms with Crippen molar-refractivity contribution in [2.24, 2.45) is 0 Å². The van der Waals surface area contributed by atoms with Crippen molar-refractivity contribution in [3.63, 3.8) is 0 Å². The number of carbonyl (C=O) groups excluding carboxylic acids is 1. The van der Waals surface area contributed by atoms with Gasteiger partial charge in [-0.15, -0.1) is 0 Å². The van der Waals surface area contributed by atoms with Gasteiger partial charge in [-0.05, 0) is 29.7 Å². The van der Waals surface area contributed by atoms with Crippen LogP contribution in [0.4, 0.5) is 4.39 Å². The van der Waals surface area contributed by atoms with Gasteiger partial charge in [0.05, 0.1) is 6.61 Å². The summed E-state index contributed by atoms with van der Waals surface area (Å²) in [5, 5.41) is 0. The van der Waals surface area contributed by atoms with E-state index in [0.717, 1.165) is 18.5 Å². The van der Waals surface area contributed by atoms with Crippen LogP contribution in [0.15, 0.2) is 66.7 Å². The summed E-state index contributed by atoms with van der Waals surface area (Å²) in [6, 6.07) is 16.8. The number of hydrogen-bond acceptors (Lipinski definition) is 3. The number of amides is 1. The lowest BCUT2D eigenvalue weighted by molar-refractivity contribution is -0.170. The van der Waals surface area contributed by atoms with Crippen molar-refractivity contribution < 1.29 is 13.9 Å². The van der Waals surface area contributed by atoms with Gasteiger partial charge in [-0.25, -0.2) is 4.39 Å². The van der Waals surface area contributed by atoms with Gasteiger partial charge in [0.15, 0.2) is 5.60 Å². The number of carbonyl (C=O) groups is 1. The molecule has 152 valence electrons. The molecule has 2 aromatic carbocycles. The van der Waals surface area contributed by atoms with Crippen LogP contribution in [0.2, 0.25) is 0 Å². The zero-order valence-electron chi connectivity index (χ0n) is 16.6. The quantitative estimate of drug-likeness (QED) is 0.729. The molecule has 2 aliphatic rings. The molecule has 0 N–H and O–H groups in total. The summed E-state index contributed by atoms with van der Waals surface area (Å²) in [7, 11) is 0. The summed E-state index contributed by atoms with van der Waals surface area (Å²) in [6.45, 7) is 3.82. The Labute approximate surface area is 171 Å². The SMILES string of the molecule is O=C1N(CCc2ccccc2)CC=CC[C@]12CN(Cc1ccc(F)cc1)CCO2. The lowest BCUT2D eigenvalue weighted by atomic mass is 9.95. The fourth-order valence-electron chi connectivity index (χ4n) is 4.13. The molecule has 5 heteroatoms. The first kappa shape index (κ1) is 19.8. The largest absolute Gasteiger partial charge is 0.362 e. The van der Waals surface area contributed by atoms with Crippen LogP contribution in [-0.4, -0.2) is 54.1 Å². The van der Waals surface area contributed by atoms with Gasteiger partial charge in [0.1, 0.15) is 5.82 Å². The van der Waals surface area contributed by atoms with Crippen LogP contribution in [-0.2, 0) is 22.5 Å². The third kappa shape index (κ3) is 4.74. The number of nitrogens with zero attached hydrogens (tertiary/aromatic N) is 2. The lowest BCUT2D eigenvalue weighted by Gasteiger charge is -2.42. The first-order valence-corrected chi connectivity index (χ1v) is 10.2.